The van der Waals surface area contributed by atoms with Crippen LogP contribution in [-0.4, -0.2) is 5.78 Å². The Balaban J connectivity index is 2.27. The van der Waals surface area contributed by atoms with Gasteiger partial charge in [0.15, 0.2) is 0 Å². The van der Waals surface area contributed by atoms with Crippen molar-refractivity contribution in [2.45, 2.75) is 24.7 Å². The van der Waals surface area contributed by atoms with Crippen LogP contribution in [0.5, 0.6) is 0 Å². The fourth-order valence-electron chi connectivity index (χ4n) is 2.62. The third-order valence-electron chi connectivity index (χ3n) is 3.18. The molecule has 0 radical (unpaired) electrons. The molecule has 3 rings (SSSR count). The standard InChI is InChI=1S/C11H10O/c12-11-9-5-6-10(11)8-4-2-1-3-7(8)9/h1-4,9-10H,5-6H2/t9-,10+. The summed E-state index contributed by atoms with van der Waals surface area (Å²) < 4.78 is 0. The van der Waals surface area contributed by atoms with Gasteiger partial charge in [0, 0.05) is 11.8 Å². The minimum atomic E-state index is 0.256. The van der Waals surface area contributed by atoms with E-state index < -0.39 is 0 Å². The molecule has 2 bridgehead atoms. The zero-order valence-corrected chi connectivity index (χ0v) is 6.79. The van der Waals surface area contributed by atoms with Gasteiger partial charge in [-0.15, -0.1) is 0 Å². The first kappa shape index (κ1) is 6.41. The molecule has 1 aromatic rings. The van der Waals surface area contributed by atoms with Gasteiger partial charge in [0.2, 0.25) is 0 Å². The first-order chi connectivity index (χ1) is 5.88. The Morgan fingerprint density at radius 3 is 2.00 bits per heavy atom. The van der Waals surface area contributed by atoms with Crippen LogP contribution in [-0.2, 0) is 4.79 Å². The SMILES string of the molecule is O=C1[C@H]2CC[C@@H]1c1ccccc12. The maximum absolute atomic E-state index is 11.6. The lowest BCUT2D eigenvalue weighted by Gasteiger charge is -2.11. The number of benzene rings is 1. The number of rotatable bonds is 0. The van der Waals surface area contributed by atoms with Crippen molar-refractivity contribution in [1.82, 2.24) is 0 Å². The van der Waals surface area contributed by atoms with Gasteiger partial charge in [0.25, 0.3) is 0 Å². The van der Waals surface area contributed by atoms with Crippen LogP contribution in [0.4, 0.5) is 0 Å². The van der Waals surface area contributed by atoms with Crippen molar-refractivity contribution in [2.24, 2.45) is 0 Å². The Morgan fingerprint density at radius 2 is 1.50 bits per heavy atom. The molecule has 1 fully saturated rings. The van der Waals surface area contributed by atoms with Gasteiger partial charge in [-0.05, 0) is 24.0 Å². The average Bonchev–Trinajstić information content (AvgIpc) is 2.61. The smallest absolute Gasteiger partial charge is 0.147 e. The molecule has 2 atom stereocenters. The van der Waals surface area contributed by atoms with Gasteiger partial charge < -0.3 is 0 Å². The summed E-state index contributed by atoms with van der Waals surface area (Å²) in [5, 5.41) is 0. The highest BCUT2D eigenvalue weighted by Gasteiger charge is 2.44. The summed E-state index contributed by atoms with van der Waals surface area (Å²) in [5.41, 5.74) is 2.61. The van der Waals surface area contributed by atoms with Gasteiger partial charge in [-0.2, -0.15) is 0 Å². The molecule has 0 aliphatic heterocycles. The van der Waals surface area contributed by atoms with E-state index in [4.69, 9.17) is 0 Å². The van der Waals surface area contributed by atoms with Crippen LogP contribution < -0.4 is 0 Å². The van der Waals surface area contributed by atoms with Crippen LogP contribution in [0.25, 0.3) is 0 Å². The van der Waals surface area contributed by atoms with E-state index in [0.717, 1.165) is 12.8 Å². The monoisotopic (exact) mass is 158 g/mol. The summed E-state index contributed by atoms with van der Waals surface area (Å²) in [6.07, 6.45) is 2.17. The zero-order chi connectivity index (χ0) is 8.13. The van der Waals surface area contributed by atoms with E-state index in [9.17, 15) is 4.79 Å². The predicted molar refractivity (Wildman–Crippen MR) is 46.2 cm³/mol. The van der Waals surface area contributed by atoms with Crippen LogP contribution in [0.15, 0.2) is 24.3 Å². The normalized spacial score (nSPS) is 30.8. The highest BCUT2D eigenvalue weighted by atomic mass is 16.1. The number of ketones is 1. The van der Waals surface area contributed by atoms with Gasteiger partial charge in [0.05, 0.1) is 0 Å². The molecule has 1 saturated carbocycles. The molecule has 2 aliphatic rings. The van der Waals surface area contributed by atoms with Crippen LogP contribution >= 0.6 is 0 Å². The maximum Gasteiger partial charge on any atom is 0.147 e. The quantitative estimate of drug-likeness (QED) is 0.566. The van der Waals surface area contributed by atoms with Crippen molar-refractivity contribution in [3.8, 4) is 0 Å². The van der Waals surface area contributed by atoms with Crippen LogP contribution in [0.1, 0.15) is 35.8 Å². The topological polar surface area (TPSA) is 17.1 Å². The number of fused-ring (bicyclic) bond motifs is 5. The molecule has 0 aromatic heterocycles. The largest absolute Gasteiger partial charge is 0.298 e. The summed E-state index contributed by atoms with van der Waals surface area (Å²) in [6.45, 7) is 0. The molecule has 1 nitrogen and oxygen atoms in total. The number of Topliss-reactive ketones (excluding diaryl/α,β-unsaturated/α-hetero) is 1. The molecule has 0 saturated heterocycles. The second-order valence-corrected chi connectivity index (χ2v) is 3.71. The third-order valence-corrected chi connectivity index (χ3v) is 3.18. The van der Waals surface area contributed by atoms with Crippen molar-refractivity contribution in [3.05, 3.63) is 35.4 Å². The molecule has 12 heavy (non-hydrogen) atoms. The van der Waals surface area contributed by atoms with E-state index in [2.05, 4.69) is 12.1 Å². The van der Waals surface area contributed by atoms with E-state index in [1.54, 1.807) is 0 Å². The van der Waals surface area contributed by atoms with Gasteiger partial charge in [-0.3, -0.25) is 4.79 Å². The number of hydrogen-bond donors (Lipinski definition) is 0. The average molecular weight is 158 g/mol. The Morgan fingerprint density at radius 1 is 1.00 bits per heavy atom. The lowest BCUT2D eigenvalue weighted by molar-refractivity contribution is -0.119. The number of carbonyl (C=O) groups is 1. The van der Waals surface area contributed by atoms with Crippen LogP contribution in [0.3, 0.4) is 0 Å². The molecular weight excluding hydrogens is 148 g/mol. The minimum Gasteiger partial charge on any atom is -0.298 e. The summed E-state index contributed by atoms with van der Waals surface area (Å²) in [5.74, 6) is 0.980. The molecule has 1 heteroatoms. The van der Waals surface area contributed by atoms with Crippen molar-refractivity contribution in [1.29, 1.82) is 0 Å². The fraction of sp³-hybridized carbons (Fsp3) is 0.364. The molecule has 0 unspecified atom stereocenters. The Labute approximate surface area is 71.4 Å². The van der Waals surface area contributed by atoms with Crippen molar-refractivity contribution in [2.75, 3.05) is 0 Å². The van der Waals surface area contributed by atoms with E-state index >= 15 is 0 Å². The maximum atomic E-state index is 11.6. The number of carbonyl (C=O) groups excluding carboxylic acids is 1. The van der Waals surface area contributed by atoms with Crippen molar-refractivity contribution >= 4 is 5.78 Å². The highest BCUT2D eigenvalue weighted by Crippen LogP contribution is 2.49. The van der Waals surface area contributed by atoms with E-state index in [0.29, 0.717) is 5.78 Å². The second kappa shape index (κ2) is 1.98. The van der Waals surface area contributed by atoms with Gasteiger partial charge in [0.1, 0.15) is 5.78 Å². The Kier molecular flexibility index (Phi) is 1.06. The third kappa shape index (κ3) is 0.580. The van der Waals surface area contributed by atoms with E-state index in [1.807, 2.05) is 12.1 Å². The fourth-order valence-corrected chi connectivity index (χ4v) is 2.62. The summed E-state index contributed by atoms with van der Waals surface area (Å²) in [4.78, 5) is 11.6. The summed E-state index contributed by atoms with van der Waals surface area (Å²) >= 11 is 0. The predicted octanol–water partition coefficient (Wildman–Crippen LogP) is 2.23. The molecule has 1 aromatic carbocycles. The van der Waals surface area contributed by atoms with Crippen LogP contribution in [0.2, 0.25) is 0 Å². The lowest BCUT2D eigenvalue weighted by atomic mass is 9.92. The number of hydrogen-bond acceptors (Lipinski definition) is 1. The highest BCUT2D eigenvalue weighted by molar-refractivity contribution is 5.98. The van der Waals surface area contributed by atoms with Crippen LogP contribution in [0, 0.1) is 0 Å². The molecule has 60 valence electrons. The van der Waals surface area contributed by atoms with E-state index in [1.165, 1.54) is 11.1 Å². The first-order valence-corrected chi connectivity index (χ1v) is 4.50. The van der Waals surface area contributed by atoms with Crippen molar-refractivity contribution < 1.29 is 4.79 Å². The molecule has 0 amide bonds. The van der Waals surface area contributed by atoms with Gasteiger partial charge in [-0.25, -0.2) is 0 Å². The summed E-state index contributed by atoms with van der Waals surface area (Å²) in [6, 6.07) is 8.29. The van der Waals surface area contributed by atoms with E-state index in [-0.39, 0.29) is 11.8 Å². The molecule has 2 aliphatic carbocycles. The Bertz CT molecular complexity index is 321. The molecule has 0 N–H and O–H groups in total. The molecule has 0 spiro atoms. The van der Waals surface area contributed by atoms with Crippen molar-refractivity contribution in [3.63, 3.8) is 0 Å². The Hall–Kier alpha value is -1.11. The van der Waals surface area contributed by atoms with Gasteiger partial charge >= 0.3 is 0 Å². The molecule has 0 heterocycles. The van der Waals surface area contributed by atoms with Gasteiger partial charge in [-0.1, -0.05) is 24.3 Å². The first-order valence-electron chi connectivity index (χ1n) is 4.50. The minimum absolute atomic E-state index is 0.256. The second-order valence-electron chi connectivity index (χ2n) is 3.71. The zero-order valence-electron chi connectivity index (χ0n) is 6.79. The molecular formula is C11H10O. The lowest BCUT2D eigenvalue weighted by Crippen LogP contribution is -1.98. The summed E-state index contributed by atoms with van der Waals surface area (Å²) in [7, 11) is 0.